The van der Waals surface area contributed by atoms with Crippen molar-refractivity contribution in [2.24, 2.45) is 5.14 Å². The van der Waals surface area contributed by atoms with Crippen LogP contribution < -0.4 is 5.14 Å². The summed E-state index contributed by atoms with van der Waals surface area (Å²) >= 11 is 0. The summed E-state index contributed by atoms with van der Waals surface area (Å²) in [6.45, 7) is 3.18. The van der Waals surface area contributed by atoms with Crippen LogP contribution in [0.25, 0.3) is 5.95 Å². The Labute approximate surface area is 98.4 Å². The van der Waals surface area contributed by atoms with Crippen molar-refractivity contribution in [3.05, 3.63) is 29.8 Å². The fourth-order valence-electron chi connectivity index (χ4n) is 1.64. The molecular weight excluding hydrogens is 242 g/mol. The Balaban J connectivity index is 2.69. The third kappa shape index (κ3) is 2.04. The van der Waals surface area contributed by atoms with Crippen LogP contribution in [-0.4, -0.2) is 28.2 Å². The summed E-state index contributed by atoms with van der Waals surface area (Å²) in [5.74, 6) is 0.308. The molecule has 0 saturated carbocycles. The van der Waals surface area contributed by atoms with E-state index in [4.69, 9.17) is 5.14 Å². The maximum absolute atomic E-state index is 11.4. The first-order valence-electron chi connectivity index (χ1n) is 4.77. The number of aryl methyl sites for hydroxylation is 1. The van der Waals surface area contributed by atoms with Gasteiger partial charge in [0.2, 0.25) is 10.0 Å². The molecule has 0 bridgehead atoms. The van der Waals surface area contributed by atoms with Crippen LogP contribution >= 0.6 is 0 Å². The minimum Gasteiger partial charge on any atom is -0.225 e. The molecule has 0 aromatic carbocycles. The molecule has 0 saturated heterocycles. The smallest absolute Gasteiger partial charge is 0.225 e. The summed E-state index contributed by atoms with van der Waals surface area (Å²) in [7, 11) is -3.79. The number of sulfonamides is 1. The van der Waals surface area contributed by atoms with Crippen LogP contribution in [0.15, 0.2) is 23.4 Å². The van der Waals surface area contributed by atoms with E-state index in [-0.39, 0.29) is 4.90 Å². The zero-order valence-corrected chi connectivity index (χ0v) is 10.1. The molecule has 0 spiro atoms. The number of rotatable bonds is 2. The Bertz CT molecular complexity index is 648. The molecule has 8 heteroatoms. The fraction of sp³-hybridized carbons (Fsp3) is 0.222. The third-order valence-corrected chi connectivity index (χ3v) is 3.41. The minimum absolute atomic E-state index is 0.0185. The lowest BCUT2D eigenvalue weighted by Crippen LogP contribution is -2.14. The molecule has 0 aliphatic carbocycles. The van der Waals surface area contributed by atoms with Crippen LogP contribution in [0.1, 0.15) is 11.4 Å². The predicted octanol–water partition coefficient (Wildman–Crippen LogP) is -0.0735. The standard InChI is InChI=1S/C9H11N5O2S/c1-6-8(17(10,15)16)7(2)14(13-6)9-11-4-3-5-12-9/h3-5H,1-2H3,(H2,10,15,16). The molecule has 0 aliphatic rings. The number of aromatic nitrogens is 4. The van der Waals surface area contributed by atoms with Crippen molar-refractivity contribution in [2.45, 2.75) is 18.7 Å². The summed E-state index contributed by atoms with van der Waals surface area (Å²) in [6.07, 6.45) is 3.10. The molecule has 0 atom stereocenters. The summed E-state index contributed by atoms with van der Waals surface area (Å²) in [6, 6.07) is 1.66. The summed E-state index contributed by atoms with van der Waals surface area (Å²) in [5.41, 5.74) is 0.730. The quantitative estimate of drug-likeness (QED) is 0.806. The highest BCUT2D eigenvalue weighted by Gasteiger charge is 2.22. The van der Waals surface area contributed by atoms with Crippen molar-refractivity contribution >= 4 is 10.0 Å². The van der Waals surface area contributed by atoms with Gasteiger partial charge in [-0.05, 0) is 19.9 Å². The minimum atomic E-state index is -3.79. The molecule has 2 N–H and O–H groups in total. The van der Waals surface area contributed by atoms with Crippen LogP contribution in [-0.2, 0) is 10.0 Å². The number of nitrogens with zero attached hydrogens (tertiary/aromatic N) is 4. The molecule has 2 rings (SSSR count). The molecule has 7 nitrogen and oxygen atoms in total. The van der Waals surface area contributed by atoms with Gasteiger partial charge in [-0.15, -0.1) is 0 Å². The Hall–Kier alpha value is -1.80. The van der Waals surface area contributed by atoms with Gasteiger partial charge in [0.15, 0.2) is 0 Å². The second-order valence-corrected chi connectivity index (χ2v) is 5.00. The molecular formula is C9H11N5O2S. The highest BCUT2D eigenvalue weighted by atomic mass is 32.2. The number of primary sulfonamides is 1. The van der Waals surface area contributed by atoms with Gasteiger partial charge in [-0.25, -0.2) is 28.2 Å². The molecule has 2 aromatic rings. The monoisotopic (exact) mass is 253 g/mol. The Morgan fingerprint density at radius 1 is 1.24 bits per heavy atom. The molecule has 2 aromatic heterocycles. The maximum atomic E-state index is 11.4. The normalized spacial score (nSPS) is 11.7. The largest absolute Gasteiger partial charge is 0.250 e. The zero-order chi connectivity index (χ0) is 12.6. The van der Waals surface area contributed by atoms with Crippen LogP contribution in [0.4, 0.5) is 0 Å². The van der Waals surface area contributed by atoms with E-state index < -0.39 is 10.0 Å². The van der Waals surface area contributed by atoms with Gasteiger partial charge >= 0.3 is 0 Å². The van der Waals surface area contributed by atoms with E-state index in [1.165, 1.54) is 4.68 Å². The van der Waals surface area contributed by atoms with Gasteiger partial charge in [0.1, 0.15) is 4.90 Å². The lowest BCUT2D eigenvalue weighted by atomic mass is 10.4. The van der Waals surface area contributed by atoms with Crippen molar-refractivity contribution in [3.8, 4) is 5.95 Å². The van der Waals surface area contributed by atoms with Gasteiger partial charge < -0.3 is 0 Å². The van der Waals surface area contributed by atoms with Gasteiger partial charge in [0.05, 0.1) is 11.4 Å². The van der Waals surface area contributed by atoms with E-state index in [1.54, 1.807) is 32.3 Å². The third-order valence-electron chi connectivity index (χ3n) is 2.25. The van der Waals surface area contributed by atoms with Gasteiger partial charge in [-0.1, -0.05) is 0 Å². The van der Waals surface area contributed by atoms with Gasteiger partial charge in [-0.2, -0.15) is 5.10 Å². The number of nitrogens with two attached hydrogens (primary N) is 1. The fourth-order valence-corrected chi connectivity index (χ4v) is 2.59. The first-order chi connectivity index (χ1) is 7.91. The van der Waals surface area contributed by atoms with Crippen molar-refractivity contribution in [2.75, 3.05) is 0 Å². The van der Waals surface area contributed by atoms with Crippen molar-refractivity contribution in [1.29, 1.82) is 0 Å². The summed E-state index contributed by atoms with van der Waals surface area (Å²) in [4.78, 5) is 8.02. The first kappa shape index (κ1) is 11.7. The second kappa shape index (κ2) is 3.90. The van der Waals surface area contributed by atoms with E-state index >= 15 is 0 Å². The predicted molar refractivity (Wildman–Crippen MR) is 60.0 cm³/mol. The highest BCUT2D eigenvalue weighted by Crippen LogP contribution is 2.19. The van der Waals surface area contributed by atoms with E-state index in [1.807, 2.05) is 0 Å². The Morgan fingerprint density at radius 2 is 1.82 bits per heavy atom. The zero-order valence-electron chi connectivity index (χ0n) is 9.32. The molecule has 0 aliphatic heterocycles. The molecule has 0 radical (unpaired) electrons. The van der Waals surface area contributed by atoms with Crippen LogP contribution in [0.2, 0.25) is 0 Å². The van der Waals surface area contributed by atoms with Crippen molar-refractivity contribution in [3.63, 3.8) is 0 Å². The topological polar surface area (TPSA) is 104 Å². The molecule has 17 heavy (non-hydrogen) atoms. The van der Waals surface area contributed by atoms with E-state index in [2.05, 4.69) is 15.1 Å². The lowest BCUT2D eigenvalue weighted by molar-refractivity contribution is 0.596. The molecule has 0 fully saturated rings. The Kier molecular flexibility index (Phi) is 2.68. The summed E-state index contributed by atoms with van der Waals surface area (Å²) in [5, 5.41) is 9.21. The second-order valence-electron chi connectivity index (χ2n) is 3.51. The first-order valence-corrected chi connectivity index (χ1v) is 6.32. The lowest BCUT2D eigenvalue weighted by Gasteiger charge is -2.01. The number of hydrogen-bond donors (Lipinski definition) is 1. The van der Waals surface area contributed by atoms with Gasteiger partial charge in [0.25, 0.3) is 5.95 Å². The molecule has 0 amide bonds. The summed E-state index contributed by atoms with van der Waals surface area (Å²) < 4.78 is 24.2. The van der Waals surface area contributed by atoms with Gasteiger partial charge in [-0.3, -0.25) is 0 Å². The van der Waals surface area contributed by atoms with E-state index in [0.29, 0.717) is 17.3 Å². The van der Waals surface area contributed by atoms with E-state index in [0.717, 1.165) is 0 Å². The van der Waals surface area contributed by atoms with E-state index in [9.17, 15) is 8.42 Å². The average molecular weight is 253 g/mol. The SMILES string of the molecule is Cc1nn(-c2ncccn2)c(C)c1S(N)(=O)=O. The molecule has 90 valence electrons. The van der Waals surface area contributed by atoms with Crippen molar-refractivity contribution < 1.29 is 8.42 Å². The number of hydrogen-bond acceptors (Lipinski definition) is 5. The highest BCUT2D eigenvalue weighted by molar-refractivity contribution is 7.89. The van der Waals surface area contributed by atoms with Gasteiger partial charge in [0, 0.05) is 12.4 Å². The molecule has 0 unspecified atom stereocenters. The van der Waals surface area contributed by atoms with Crippen LogP contribution in [0.5, 0.6) is 0 Å². The molecule has 2 heterocycles. The maximum Gasteiger partial charge on any atom is 0.250 e. The van der Waals surface area contributed by atoms with Crippen LogP contribution in [0, 0.1) is 13.8 Å². The Morgan fingerprint density at radius 3 is 2.29 bits per heavy atom. The van der Waals surface area contributed by atoms with Crippen molar-refractivity contribution in [1.82, 2.24) is 19.7 Å². The van der Waals surface area contributed by atoms with Crippen LogP contribution in [0.3, 0.4) is 0 Å². The average Bonchev–Trinajstić information content (AvgIpc) is 2.54.